The first-order valence-corrected chi connectivity index (χ1v) is 6.75. The number of nitrogens with zero attached hydrogens (tertiary/aromatic N) is 1. The summed E-state index contributed by atoms with van der Waals surface area (Å²) in [5.74, 6) is 0.713. The van der Waals surface area contributed by atoms with Crippen molar-refractivity contribution in [3.63, 3.8) is 0 Å². The van der Waals surface area contributed by atoms with Gasteiger partial charge in [-0.3, -0.25) is 9.69 Å². The summed E-state index contributed by atoms with van der Waals surface area (Å²) in [7, 11) is 0. The third-order valence-corrected chi connectivity index (χ3v) is 3.73. The van der Waals surface area contributed by atoms with E-state index in [9.17, 15) is 4.79 Å². The minimum Gasteiger partial charge on any atom is -0.479 e. The molecular formula is C17H17NO2. The van der Waals surface area contributed by atoms with Crippen LogP contribution in [0.5, 0.6) is 5.75 Å². The molecule has 0 saturated carbocycles. The summed E-state index contributed by atoms with van der Waals surface area (Å²) < 4.78 is 5.66. The molecule has 0 bridgehead atoms. The van der Waals surface area contributed by atoms with Crippen LogP contribution in [-0.2, 0) is 4.79 Å². The van der Waals surface area contributed by atoms with E-state index >= 15 is 0 Å². The Morgan fingerprint density at radius 3 is 2.55 bits per heavy atom. The van der Waals surface area contributed by atoms with Gasteiger partial charge in [0.2, 0.25) is 0 Å². The molecule has 3 nitrogen and oxygen atoms in total. The number of rotatable bonds is 1. The summed E-state index contributed by atoms with van der Waals surface area (Å²) in [5.41, 5.74) is 4.09. The van der Waals surface area contributed by atoms with Crippen molar-refractivity contribution in [3.8, 4) is 5.75 Å². The highest BCUT2D eigenvalue weighted by atomic mass is 16.5. The lowest BCUT2D eigenvalue weighted by molar-refractivity contribution is -0.124. The number of fused-ring (bicyclic) bond motifs is 1. The van der Waals surface area contributed by atoms with Crippen LogP contribution in [-0.4, -0.2) is 12.0 Å². The van der Waals surface area contributed by atoms with Gasteiger partial charge in [-0.1, -0.05) is 18.2 Å². The summed E-state index contributed by atoms with van der Waals surface area (Å²) in [6.45, 7) is 5.90. The van der Waals surface area contributed by atoms with Crippen molar-refractivity contribution >= 4 is 17.3 Å². The number of carbonyl (C=O) groups is 1. The van der Waals surface area contributed by atoms with Gasteiger partial charge in [0.15, 0.2) is 6.10 Å². The summed E-state index contributed by atoms with van der Waals surface area (Å²) in [4.78, 5) is 14.2. The Morgan fingerprint density at radius 1 is 1.05 bits per heavy atom. The fourth-order valence-electron chi connectivity index (χ4n) is 2.41. The van der Waals surface area contributed by atoms with Gasteiger partial charge in [-0.2, -0.15) is 0 Å². The number of benzene rings is 2. The Kier molecular flexibility index (Phi) is 2.97. The molecule has 1 heterocycles. The van der Waals surface area contributed by atoms with Gasteiger partial charge >= 0.3 is 0 Å². The van der Waals surface area contributed by atoms with E-state index in [1.165, 1.54) is 11.1 Å². The van der Waals surface area contributed by atoms with Gasteiger partial charge < -0.3 is 4.74 Å². The molecule has 102 valence electrons. The highest BCUT2D eigenvalue weighted by Crippen LogP contribution is 2.38. The van der Waals surface area contributed by atoms with Crippen LogP contribution in [0.4, 0.5) is 11.4 Å². The van der Waals surface area contributed by atoms with Crippen molar-refractivity contribution in [2.75, 3.05) is 4.90 Å². The average molecular weight is 267 g/mol. The lowest BCUT2D eigenvalue weighted by Gasteiger charge is -2.33. The molecule has 1 aliphatic rings. The lowest BCUT2D eigenvalue weighted by Crippen LogP contribution is -2.41. The predicted molar refractivity (Wildman–Crippen MR) is 79.6 cm³/mol. The van der Waals surface area contributed by atoms with Crippen LogP contribution in [0.2, 0.25) is 0 Å². The molecule has 0 radical (unpaired) electrons. The minimum atomic E-state index is -0.466. The third-order valence-electron chi connectivity index (χ3n) is 3.73. The highest BCUT2D eigenvalue weighted by Gasteiger charge is 2.32. The molecule has 1 aliphatic heterocycles. The summed E-state index contributed by atoms with van der Waals surface area (Å²) in [6, 6.07) is 13.7. The standard InChI is InChI=1S/C17H17NO2/c1-11-8-9-14(10-12(11)2)18-15-6-4-5-7-16(15)20-13(3)17(18)19/h4-10,13H,1-3H3. The number of carbonyl (C=O) groups excluding carboxylic acids is 1. The van der Waals surface area contributed by atoms with Gasteiger partial charge in [0.25, 0.3) is 5.91 Å². The van der Waals surface area contributed by atoms with Gasteiger partial charge in [-0.25, -0.2) is 0 Å². The molecule has 1 unspecified atom stereocenters. The molecular weight excluding hydrogens is 250 g/mol. The van der Waals surface area contributed by atoms with Crippen LogP contribution in [0.15, 0.2) is 42.5 Å². The molecule has 0 saturated heterocycles. The van der Waals surface area contributed by atoms with Crippen molar-refractivity contribution in [2.45, 2.75) is 26.9 Å². The number of hydrogen-bond acceptors (Lipinski definition) is 2. The molecule has 0 spiro atoms. The largest absolute Gasteiger partial charge is 0.479 e. The van der Waals surface area contributed by atoms with Crippen molar-refractivity contribution in [3.05, 3.63) is 53.6 Å². The molecule has 2 aromatic rings. The fourth-order valence-corrected chi connectivity index (χ4v) is 2.41. The Labute approximate surface area is 118 Å². The first-order chi connectivity index (χ1) is 9.58. The molecule has 1 atom stereocenters. The average Bonchev–Trinajstić information content (AvgIpc) is 2.44. The topological polar surface area (TPSA) is 29.5 Å². The Hall–Kier alpha value is -2.29. The molecule has 3 rings (SSSR count). The maximum atomic E-state index is 12.5. The fraction of sp³-hybridized carbons (Fsp3) is 0.235. The smallest absolute Gasteiger partial charge is 0.272 e. The van der Waals surface area contributed by atoms with Crippen LogP contribution < -0.4 is 9.64 Å². The third kappa shape index (κ3) is 1.95. The maximum absolute atomic E-state index is 12.5. The molecule has 2 aromatic carbocycles. The molecule has 0 N–H and O–H groups in total. The van der Waals surface area contributed by atoms with Crippen molar-refractivity contribution in [1.82, 2.24) is 0 Å². The normalized spacial score (nSPS) is 17.6. The summed E-state index contributed by atoms with van der Waals surface area (Å²) in [6.07, 6.45) is -0.466. The lowest BCUT2D eigenvalue weighted by atomic mass is 10.1. The molecule has 20 heavy (non-hydrogen) atoms. The van der Waals surface area contributed by atoms with Crippen LogP contribution >= 0.6 is 0 Å². The first-order valence-electron chi connectivity index (χ1n) is 6.75. The Bertz CT molecular complexity index is 678. The van der Waals surface area contributed by atoms with Crippen LogP contribution in [0.1, 0.15) is 18.1 Å². The van der Waals surface area contributed by atoms with Gasteiger partial charge in [0.05, 0.1) is 5.69 Å². The SMILES string of the molecule is Cc1ccc(N2C(=O)C(C)Oc3ccccc32)cc1C. The monoisotopic (exact) mass is 267 g/mol. The Balaban J connectivity index is 2.15. The van der Waals surface area contributed by atoms with E-state index in [-0.39, 0.29) is 5.91 Å². The van der Waals surface area contributed by atoms with E-state index in [4.69, 9.17) is 4.74 Å². The predicted octanol–water partition coefficient (Wildman–Crippen LogP) is 3.75. The van der Waals surface area contributed by atoms with E-state index in [1.54, 1.807) is 11.8 Å². The van der Waals surface area contributed by atoms with E-state index in [0.29, 0.717) is 0 Å². The quantitative estimate of drug-likeness (QED) is 0.787. The Morgan fingerprint density at radius 2 is 1.80 bits per heavy atom. The molecule has 0 aliphatic carbocycles. The molecule has 0 aromatic heterocycles. The van der Waals surface area contributed by atoms with Gasteiger partial charge in [-0.15, -0.1) is 0 Å². The van der Waals surface area contributed by atoms with E-state index in [2.05, 4.69) is 13.8 Å². The highest BCUT2D eigenvalue weighted by molar-refractivity contribution is 6.05. The number of aryl methyl sites for hydroxylation is 2. The molecule has 0 fully saturated rings. The number of ether oxygens (including phenoxy) is 1. The van der Waals surface area contributed by atoms with Crippen LogP contribution in [0, 0.1) is 13.8 Å². The second-order valence-electron chi connectivity index (χ2n) is 5.17. The molecule has 3 heteroatoms. The second kappa shape index (κ2) is 4.67. The van der Waals surface area contributed by atoms with Crippen molar-refractivity contribution < 1.29 is 9.53 Å². The zero-order valence-corrected chi connectivity index (χ0v) is 11.9. The first kappa shape index (κ1) is 12.7. The summed E-state index contributed by atoms with van der Waals surface area (Å²) >= 11 is 0. The maximum Gasteiger partial charge on any atom is 0.272 e. The van der Waals surface area contributed by atoms with E-state index in [1.807, 2.05) is 42.5 Å². The van der Waals surface area contributed by atoms with Crippen LogP contribution in [0.25, 0.3) is 0 Å². The number of amides is 1. The van der Waals surface area contributed by atoms with E-state index < -0.39 is 6.10 Å². The van der Waals surface area contributed by atoms with Crippen molar-refractivity contribution in [2.24, 2.45) is 0 Å². The summed E-state index contributed by atoms with van der Waals surface area (Å²) in [5, 5.41) is 0. The number of para-hydroxylation sites is 2. The van der Waals surface area contributed by atoms with Crippen LogP contribution in [0.3, 0.4) is 0 Å². The minimum absolute atomic E-state index is 0.0352. The van der Waals surface area contributed by atoms with Gasteiger partial charge in [0.1, 0.15) is 5.75 Å². The zero-order chi connectivity index (χ0) is 14.3. The second-order valence-corrected chi connectivity index (χ2v) is 5.17. The number of anilines is 2. The number of hydrogen-bond donors (Lipinski definition) is 0. The molecule has 1 amide bonds. The van der Waals surface area contributed by atoms with Gasteiger partial charge in [-0.05, 0) is 56.2 Å². The van der Waals surface area contributed by atoms with Gasteiger partial charge in [0, 0.05) is 5.69 Å². The van der Waals surface area contributed by atoms with E-state index in [0.717, 1.165) is 17.1 Å². The zero-order valence-electron chi connectivity index (χ0n) is 11.9. The van der Waals surface area contributed by atoms with Crippen molar-refractivity contribution in [1.29, 1.82) is 0 Å².